The van der Waals surface area contributed by atoms with Crippen LogP contribution in [0.4, 0.5) is 11.4 Å². The highest BCUT2D eigenvalue weighted by Crippen LogP contribution is 2.48. The average Bonchev–Trinajstić information content (AvgIpc) is 3.46. The van der Waals surface area contributed by atoms with Gasteiger partial charge in [0.2, 0.25) is 5.91 Å². The molecule has 0 N–H and O–H groups in total. The van der Waals surface area contributed by atoms with Crippen LogP contribution in [0, 0.1) is 5.92 Å². The van der Waals surface area contributed by atoms with Gasteiger partial charge in [-0.1, -0.05) is 37.6 Å². The number of hydrogen-bond donors (Lipinski definition) is 0. The number of amides is 2. The first-order valence-electron chi connectivity index (χ1n) is 13.0. The summed E-state index contributed by atoms with van der Waals surface area (Å²) in [5, 5.41) is 1.68. The SMILES string of the molecule is CCCCOc1ccc([C@H]2[C@@H]3C(=O)N(c4ccc(OC)cc4)C(=O)[C@H]3ON2c2ccccc2)cc1OCC. The van der Waals surface area contributed by atoms with Gasteiger partial charge in [-0.3, -0.25) is 14.4 Å². The lowest BCUT2D eigenvalue weighted by Crippen LogP contribution is -2.37. The number of ether oxygens (including phenoxy) is 3. The number of hydroxylamine groups is 1. The molecule has 2 amide bonds. The highest BCUT2D eigenvalue weighted by Gasteiger charge is 2.60. The summed E-state index contributed by atoms with van der Waals surface area (Å²) < 4.78 is 17.1. The second-order valence-electron chi connectivity index (χ2n) is 9.21. The number of rotatable bonds is 10. The number of benzene rings is 3. The molecule has 2 aliphatic heterocycles. The maximum Gasteiger partial charge on any atom is 0.266 e. The van der Waals surface area contributed by atoms with Crippen molar-refractivity contribution < 1.29 is 28.6 Å². The molecule has 0 spiro atoms. The zero-order valence-corrected chi connectivity index (χ0v) is 21.8. The molecule has 8 nitrogen and oxygen atoms in total. The van der Waals surface area contributed by atoms with Crippen LogP contribution >= 0.6 is 0 Å². The second kappa shape index (κ2) is 11.1. The Kier molecular flexibility index (Phi) is 7.51. The minimum atomic E-state index is -0.953. The maximum absolute atomic E-state index is 13.9. The molecular weight excluding hydrogens is 484 g/mol. The zero-order chi connectivity index (χ0) is 26.6. The molecule has 0 bridgehead atoms. The van der Waals surface area contributed by atoms with E-state index in [9.17, 15) is 9.59 Å². The molecule has 2 saturated heterocycles. The standard InChI is InChI=1S/C30H32N2O6/c1-4-6-18-37-24-17-12-20(19-25(24)36-5-2)27-26-28(38-32(27)22-10-8-7-9-11-22)30(34)31(29(26)33)21-13-15-23(35-3)16-14-21/h7-17,19,26-28H,4-6,18H2,1-3H3/t26-,27-,28-/m0/s1. The molecule has 0 aromatic heterocycles. The van der Waals surface area contributed by atoms with Gasteiger partial charge in [0.25, 0.3) is 5.91 Å². The predicted octanol–water partition coefficient (Wildman–Crippen LogP) is 5.32. The Balaban J connectivity index is 1.54. The molecule has 0 radical (unpaired) electrons. The van der Waals surface area contributed by atoms with E-state index in [4.69, 9.17) is 19.0 Å². The van der Waals surface area contributed by atoms with Gasteiger partial charge in [0, 0.05) is 0 Å². The van der Waals surface area contributed by atoms with Gasteiger partial charge < -0.3 is 14.2 Å². The number of fused-ring (bicyclic) bond motifs is 1. The molecule has 0 saturated carbocycles. The summed E-state index contributed by atoms with van der Waals surface area (Å²) >= 11 is 0. The lowest BCUT2D eigenvalue weighted by atomic mass is 9.90. The fourth-order valence-corrected chi connectivity index (χ4v) is 4.96. The first kappa shape index (κ1) is 25.6. The lowest BCUT2D eigenvalue weighted by Gasteiger charge is -2.29. The molecule has 3 atom stereocenters. The Bertz CT molecular complexity index is 1280. The Labute approximate surface area is 222 Å². The Morgan fingerprint density at radius 3 is 2.29 bits per heavy atom. The van der Waals surface area contributed by atoms with E-state index in [2.05, 4.69) is 6.92 Å². The summed E-state index contributed by atoms with van der Waals surface area (Å²) in [5.74, 6) is 0.446. The van der Waals surface area contributed by atoms with Gasteiger partial charge in [0.1, 0.15) is 11.7 Å². The van der Waals surface area contributed by atoms with Crippen molar-refractivity contribution in [3.05, 3.63) is 78.4 Å². The van der Waals surface area contributed by atoms with Crippen LogP contribution in [0.1, 0.15) is 38.3 Å². The van der Waals surface area contributed by atoms with Gasteiger partial charge in [0.15, 0.2) is 17.6 Å². The number of hydrogen-bond acceptors (Lipinski definition) is 7. The summed E-state index contributed by atoms with van der Waals surface area (Å²) in [7, 11) is 1.57. The molecule has 198 valence electrons. The molecule has 38 heavy (non-hydrogen) atoms. The fourth-order valence-electron chi connectivity index (χ4n) is 4.96. The second-order valence-corrected chi connectivity index (χ2v) is 9.21. The normalized spacial score (nSPS) is 20.6. The van der Waals surface area contributed by atoms with Gasteiger partial charge in [-0.25, -0.2) is 9.96 Å². The molecule has 5 rings (SSSR count). The van der Waals surface area contributed by atoms with Crippen molar-refractivity contribution in [1.82, 2.24) is 0 Å². The average molecular weight is 517 g/mol. The minimum absolute atomic E-state index is 0.310. The number of carbonyl (C=O) groups excluding carboxylic acids is 2. The predicted molar refractivity (Wildman–Crippen MR) is 144 cm³/mol. The monoisotopic (exact) mass is 516 g/mol. The quantitative estimate of drug-likeness (QED) is 0.266. The first-order valence-corrected chi connectivity index (χ1v) is 13.0. The van der Waals surface area contributed by atoms with Crippen LogP contribution in [0.25, 0.3) is 0 Å². The molecule has 2 fully saturated rings. The van der Waals surface area contributed by atoms with Crippen LogP contribution in [-0.2, 0) is 14.4 Å². The highest BCUT2D eigenvalue weighted by molar-refractivity contribution is 6.23. The van der Waals surface area contributed by atoms with Crippen LogP contribution in [0.2, 0.25) is 0 Å². The highest BCUT2D eigenvalue weighted by atomic mass is 16.7. The van der Waals surface area contributed by atoms with Crippen molar-refractivity contribution in [2.75, 3.05) is 30.3 Å². The van der Waals surface area contributed by atoms with Crippen molar-refractivity contribution in [2.45, 2.75) is 38.8 Å². The summed E-state index contributed by atoms with van der Waals surface area (Å²) in [6.45, 7) is 5.08. The third kappa shape index (κ3) is 4.67. The van der Waals surface area contributed by atoms with Gasteiger partial charge in [-0.2, -0.15) is 0 Å². The summed E-state index contributed by atoms with van der Waals surface area (Å²) in [5.41, 5.74) is 2.04. The molecule has 2 heterocycles. The van der Waals surface area contributed by atoms with Gasteiger partial charge in [-0.15, -0.1) is 0 Å². The van der Waals surface area contributed by atoms with E-state index in [0.717, 1.165) is 24.1 Å². The third-order valence-electron chi connectivity index (χ3n) is 6.82. The number of anilines is 2. The van der Waals surface area contributed by atoms with Gasteiger partial charge in [0.05, 0.1) is 37.7 Å². The zero-order valence-electron chi connectivity index (χ0n) is 21.8. The van der Waals surface area contributed by atoms with Crippen LogP contribution in [0.5, 0.6) is 17.2 Å². The molecule has 8 heteroatoms. The lowest BCUT2D eigenvalue weighted by molar-refractivity contribution is -0.126. The van der Waals surface area contributed by atoms with Crippen LogP contribution in [0.3, 0.4) is 0 Å². The fraction of sp³-hybridized carbons (Fsp3) is 0.333. The number of imide groups is 1. The molecule has 3 aromatic carbocycles. The van der Waals surface area contributed by atoms with E-state index in [0.29, 0.717) is 36.1 Å². The van der Waals surface area contributed by atoms with E-state index in [1.54, 1.807) is 36.4 Å². The smallest absolute Gasteiger partial charge is 0.266 e. The largest absolute Gasteiger partial charge is 0.497 e. The molecular formula is C30H32N2O6. The Morgan fingerprint density at radius 1 is 0.842 bits per heavy atom. The Hall–Kier alpha value is -4.04. The summed E-state index contributed by atoms with van der Waals surface area (Å²) in [6.07, 6.45) is 1.01. The maximum atomic E-state index is 13.9. The van der Waals surface area contributed by atoms with Crippen molar-refractivity contribution in [3.8, 4) is 17.2 Å². The van der Waals surface area contributed by atoms with Crippen molar-refractivity contribution in [2.24, 2.45) is 5.92 Å². The van der Waals surface area contributed by atoms with Crippen LogP contribution in [-0.4, -0.2) is 38.2 Å². The topological polar surface area (TPSA) is 77.5 Å². The number of unbranched alkanes of at least 4 members (excludes halogenated alkanes) is 1. The molecule has 0 aliphatic carbocycles. The summed E-state index contributed by atoms with van der Waals surface area (Å²) in [6, 6.07) is 21.5. The van der Waals surface area contributed by atoms with Crippen molar-refractivity contribution >= 4 is 23.2 Å². The van der Waals surface area contributed by atoms with E-state index < -0.39 is 24.0 Å². The minimum Gasteiger partial charge on any atom is -0.497 e. The number of nitrogens with zero attached hydrogens (tertiary/aromatic N) is 2. The van der Waals surface area contributed by atoms with Crippen LogP contribution < -0.4 is 24.2 Å². The van der Waals surface area contributed by atoms with E-state index in [-0.39, 0.29) is 5.91 Å². The van der Waals surface area contributed by atoms with E-state index in [1.807, 2.05) is 55.5 Å². The Morgan fingerprint density at radius 2 is 1.61 bits per heavy atom. The van der Waals surface area contributed by atoms with Crippen molar-refractivity contribution in [3.63, 3.8) is 0 Å². The van der Waals surface area contributed by atoms with Gasteiger partial charge >= 0.3 is 0 Å². The van der Waals surface area contributed by atoms with E-state index >= 15 is 0 Å². The number of para-hydroxylation sites is 1. The molecule has 0 unspecified atom stereocenters. The number of carbonyl (C=O) groups is 2. The molecule has 2 aliphatic rings. The van der Waals surface area contributed by atoms with Crippen molar-refractivity contribution in [1.29, 1.82) is 0 Å². The van der Waals surface area contributed by atoms with Crippen LogP contribution in [0.15, 0.2) is 72.8 Å². The van der Waals surface area contributed by atoms with Gasteiger partial charge in [-0.05, 0) is 67.4 Å². The summed E-state index contributed by atoms with van der Waals surface area (Å²) in [4.78, 5) is 34.9. The first-order chi connectivity index (χ1) is 18.6. The molecule has 3 aromatic rings. The number of methoxy groups -OCH3 is 1. The third-order valence-corrected chi connectivity index (χ3v) is 6.82. The van der Waals surface area contributed by atoms with E-state index in [1.165, 1.54) is 4.90 Å².